The smallest absolute Gasteiger partial charge is 0.321 e. The summed E-state index contributed by atoms with van der Waals surface area (Å²) in [5.41, 5.74) is 3.88. The molecule has 6 nitrogen and oxygen atoms in total. The second kappa shape index (κ2) is 7.31. The summed E-state index contributed by atoms with van der Waals surface area (Å²) < 4.78 is 0. The summed E-state index contributed by atoms with van der Waals surface area (Å²) in [5.74, 6) is 0.421. The lowest BCUT2D eigenvalue weighted by Crippen LogP contribution is -2.36. The number of anilines is 2. The number of hydrogen-bond donors (Lipinski definition) is 2. The zero-order valence-electron chi connectivity index (χ0n) is 15.1. The van der Waals surface area contributed by atoms with E-state index < -0.39 is 0 Å². The molecule has 1 saturated heterocycles. The number of nitrogens with zero attached hydrogens (tertiary/aromatic N) is 2. The quantitative estimate of drug-likeness (QED) is 0.859. The minimum absolute atomic E-state index is 0.128. The average Bonchev–Trinajstić information content (AvgIpc) is 2.97. The van der Waals surface area contributed by atoms with E-state index in [1.54, 1.807) is 21.9 Å². The van der Waals surface area contributed by atoms with Crippen molar-refractivity contribution in [3.05, 3.63) is 53.6 Å². The molecule has 0 radical (unpaired) electrons. The Bertz CT molecular complexity index is 863. The first kappa shape index (κ1) is 17.4. The fourth-order valence-corrected chi connectivity index (χ4v) is 3.76. The topological polar surface area (TPSA) is 72.9 Å². The molecule has 140 valence electrons. The van der Waals surface area contributed by atoms with Crippen LogP contribution in [0.1, 0.15) is 24.0 Å². The van der Waals surface area contributed by atoms with Crippen molar-refractivity contribution in [3.8, 4) is 5.75 Å². The number of fused-ring (bicyclic) bond motifs is 1. The molecule has 0 unspecified atom stereocenters. The van der Waals surface area contributed by atoms with Crippen LogP contribution in [-0.4, -0.2) is 41.6 Å². The highest BCUT2D eigenvalue weighted by Gasteiger charge is 2.22. The molecule has 3 amide bonds. The molecule has 0 aliphatic carbocycles. The van der Waals surface area contributed by atoms with Crippen LogP contribution in [-0.2, 0) is 17.6 Å². The fourth-order valence-electron chi connectivity index (χ4n) is 3.76. The third-order valence-electron chi connectivity index (χ3n) is 5.28. The van der Waals surface area contributed by atoms with Gasteiger partial charge >= 0.3 is 6.03 Å². The van der Waals surface area contributed by atoms with Gasteiger partial charge in [0.05, 0.1) is 0 Å². The Kier molecular flexibility index (Phi) is 4.71. The maximum atomic E-state index is 12.6. The second-order valence-corrected chi connectivity index (χ2v) is 7.07. The molecule has 0 spiro atoms. The maximum absolute atomic E-state index is 12.6. The highest BCUT2D eigenvalue weighted by Crippen LogP contribution is 2.24. The SMILES string of the molecule is O=C(Nc1ccc(N2CCCC2=O)cc1)N1CCc2ccc(O)cc2CC1. The van der Waals surface area contributed by atoms with Gasteiger partial charge in [-0.3, -0.25) is 4.79 Å². The van der Waals surface area contributed by atoms with E-state index in [0.29, 0.717) is 19.5 Å². The third kappa shape index (κ3) is 3.74. The van der Waals surface area contributed by atoms with Gasteiger partial charge in [0.25, 0.3) is 0 Å². The molecule has 2 aliphatic heterocycles. The number of amides is 3. The summed E-state index contributed by atoms with van der Waals surface area (Å²) in [6, 6.07) is 12.7. The molecule has 2 aromatic carbocycles. The van der Waals surface area contributed by atoms with Crippen LogP contribution in [0.25, 0.3) is 0 Å². The lowest BCUT2D eigenvalue weighted by atomic mass is 10.0. The predicted molar refractivity (Wildman–Crippen MR) is 104 cm³/mol. The Morgan fingerprint density at radius 1 is 0.926 bits per heavy atom. The van der Waals surface area contributed by atoms with Crippen LogP contribution in [0.3, 0.4) is 0 Å². The first-order valence-electron chi connectivity index (χ1n) is 9.37. The van der Waals surface area contributed by atoms with Gasteiger partial charge in [0.15, 0.2) is 0 Å². The van der Waals surface area contributed by atoms with Crippen LogP contribution in [0.5, 0.6) is 5.75 Å². The van der Waals surface area contributed by atoms with E-state index in [1.165, 1.54) is 5.56 Å². The Morgan fingerprint density at radius 2 is 1.67 bits per heavy atom. The first-order chi connectivity index (χ1) is 13.1. The van der Waals surface area contributed by atoms with Gasteiger partial charge in [0, 0.05) is 37.4 Å². The third-order valence-corrected chi connectivity index (χ3v) is 5.28. The summed E-state index contributed by atoms with van der Waals surface area (Å²) in [5, 5.41) is 12.6. The second-order valence-electron chi connectivity index (χ2n) is 7.07. The van der Waals surface area contributed by atoms with Crippen LogP contribution in [0.15, 0.2) is 42.5 Å². The Morgan fingerprint density at radius 3 is 2.37 bits per heavy atom. The van der Waals surface area contributed by atoms with Gasteiger partial charge in [-0.2, -0.15) is 0 Å². The van der Waals surface area contributed by atoms with Crippen molar-refractivity contribution in [1.82, 2.24) is 4.90 Å². The standard InChI is InChI=1S/C21H23N3O3/c25-19-8-3-15-9-12-23(13-10-16(15)14-19)21(27)22-17-4-6-18(7-5-17)24-11-1-2-20(24)26/h3-8,14,25H,1-2,9-13H2,(H,22,27). The minimum atomic E-state index is -0.128. The molecule has 1 fully saturated rings. The minimum Gasteiger partial charge on any atom is -0.508 e. The summed E-state index contributed by atoms with van der Waals surface area (Å²) in [7, 11) is 0. The molecular weight excluding hydrogens is 342 g/mol. The van der Waals surface area contributed by atoms with Crippen molar-refractivity contribution in [2.75, 3.05) is 29.9 Å². The number of phenols is 1. The largest absolute Gasteiger partial charge is 0.508 e. The Labute approximate surface area is 158 Å². The van der Waals surface area contributed by atoms with E-state index in [4.69, 9.17) is 0 Å². The number of phenolic OH excluding ortho intramolecular Hbond substituents is 1. The van der Waals surface area contributed by atoms with Crippen molar-refractivity contribution < 1.29 is 14.7 Å². The van der Waals surface area contributed by atoms with E-state index in [9.17, 15) is 14.7 Å². The molecule has 0 bridgehead atoms. The number of benzene rings is 2. The molecule has 2 aliphatic rings. The van der Waals surface area contributed by atoms with E-state index in [2.05, 4.69) is 5.32 Å². The normalized spacial score (nSPS) is 16.8. The predicted octanol–water partition coefficient (Wildman–Crippen LogP) is 3.15. The van der Waals surface area contributed by atoms with E-state index in [-0.39, 0.29) is 17.7 Å². The summed E-state index contributed by atoms with van der Waals surface area (Å²) in [6.07, 6.45) is 3.01. The van der Waals surface area contributed by atoms with Crippen molar-refractivity contribution >= 4 is 23.3 Å². The Hall–Kier alpha value is -3.02. The number of hydrogen-bond acceptors (Lipinski definition) is 3. The first-order valence-corrected chi connectivity index (χ1v) is 9.37. The summed E-state index contributed by atoms with van der Waals surface area (Å²) in [6.45, 7) is 2.01. The van der Waals surface area contributed by atoms with Gasteiger partial charge in [-0.25, -0.2) is 4.79 Å². The zero-order chi connectivity index (χ0) is 18.8. The summed E-state index contributed by atoms with van der Waals surface area (Å²) >= 11 is 0. The van der Waals surface area contributed by atoms with Crippen molar-refractivity contribution in [2.24, 2.45) is 0 Å². The lowest BCUT2D eigenvalue weighted by molar-refractivity contribution is -0.117. The lowest BCUT2D eigenvalue weighted by Gasteiger charge is -2.21. The van der Waals surface area contributed by atoms with Crippen LogP contribution in [0, 0.1) is 0 Å². The van der Waals surface area contributed by atoms with Crippen molar-refractivity contribution in [2.45, 2.75) is 25.7 Å². The highest BCUT2D eigenvalue weighted by atomic mass is 16.3. The van der Waals surface area contributed by atoms with Crippen LogP contribution in [0.2, 0.25) is 0 Å². The molecule has 2 N–H and O–H groups in total. The van der Waals surface area contributed by atoms with Gasteiger partial charge < -0.3 is 20.2 Å². The zero-order valence-corrected chi connectivity index (χ0v) is 15.1. The molecule has 4 rings (SSSR count). The number of rotatable bonds is 2. The molecule has 27 heavy (non-hydrogen) atoms. The number of nitrogens with one attached hydrogen (secondary N) is 1. The number of carbonyl (C=O) groups excluding carboxylic acids is 2. The fraction of sp³-hybridized carbons (Fsp3) is 0.333. The van der Waals surface area contributed by atoms with Gasteiger partial charge in [0.1, 0.15) is 5.75 Å². The van der Waals surface area contributed by atoms with E-state index in [0.717, 1.165) is 42.7 Å². The molecule has 6 heteroatoms. The van der Waals surface area contributed by atoms with Gasteiger partial charge in [0.2, 0.25) is 5.91 Å². The molecule has 2 heterocycles. The average molecular weight is 365 g/mol. The highest BCUT2D eigenvalue weighted by molar-refractivity contribution is 5.96. The molecular formula is C21H23N3O3. The van der Waals surface area contributed by atoms with Crippen molar-refractivity contribution in [3.63, 3.8) is 0 Å². The van der Waals surface area contributed by atoms with Crippen LogP contribution in [0.4, 0.5) is 16.2 Å². The van der Waals surface area contributed by atoms with Gasteiger partial charge in [-0.1, -0.05) is 6.07 Å². The monoisotopic (exact) mass is 365 g/mol. The number of urea groups is 1. The van der Waals surface area contributed by atoms with Crippen LogP contribution < -0.4 is 10.2 Å². The Balaban J connectivity index is 1.38. The molecule has 0 aromatic heterocycles. The van der Waals surface area contributed by atoms with E-state index >= 15 is 0 Å². The van der Waals surface area contributed by atoms with E-state index in [1.807, 2.05) is 30.3 Å². The maximum Gasteiger partial charge on any atom is 0.321 e. The molecule has 2 aromatic rings. The molecule has 0 saturated carbocycles. The molecule has 0 atom stereocenters. The number of aromatic hydroxyl groups is 1. The summed E-state index contributed by atoms with van der Waals surface area (Å²) in [4.78, 5) is 28.0. The number of carbonyl (C=O) groups is 2. The van der Waals surface area contributed by atoms with Gasteiger partial charge in [-0.15, -0.1) is 0 Å². The van der Waals surface area contributed by atoms with Crippen molar-refractivity contribution in [1.29, 1.82) is 0 Å². The van der Waals surface area contributed by atoms with Crippen LogP contribution >= 0.6 is 0 Å². The van der Waals surface area contributed by atoms with Gasteiger partial charge in [-0.05, 0) is 66.8 Å².